The zero-order valence-electron chi connectivity index (χ0n) is 12.1. The number of nitrogens with one attached hydrogen (secondary N) is 1. The summed E-state index contributed by atoms with van der Waals surface area (Å²) < 4.78 is 0. The van der Waals surface area contributed by atoms with Gasteiger partial charge < -0.3 is 5.32 Å². The van der Waals surface area contributed by atoms with Crippen molar-refractivity contribution in [3.63, 3.8) is 0 Å². The van der Waals surface area contributed by atoms with Crippen LogP contribution in [0, 0.1) is 28.6 Å². The molecule has 0 saturated carbocycles. The first-order valence-corrected chi connectivity index (χ1v) is 7.43. The van der Waals surface area contributed by atoms with Crippen LogP contribution >= 0.6 is 0 Å². The maximum absolute atomic E-state index is 9.04. The SMILES string of the molecule is CCC1C2CNCC2CN1CCCC(C)(C)C#N. The average molecular weight is 249 g/mol. The van der Waals surface area contributed by atoms with Crippen LogP contribution in [0.1, 0.15) is 40.0 Å². The van der Waals surface area contributed by atoms with E-state index in [0.29, 0.717) is 0 Å². The molecule has 3 heteroatoms. The Morgan fingerprint density at radius 3 is 2.83 bits per heavy atom. The Morgan fingerprint density at radius 2 is 2.17 bits per heavy atom. The van der Waals surface area contributed by atoms with E-state index < -0.39 is 0 Å². The fraction of sp³-hybridized carbons (Fsp3) is 0.933. The monoisotopic (exact) mass is 249 g/mol. The lowest BCUT2D eigenvalue weighted by molar-refractivity contribution is 0.207. The van der Waals surface area contributed by atoms with Crippen LogP contribution in [0.15, 0.2) is 0 Å². The summed E-state index contributed by atoms with van der Waals surface area (Å²) in [5, 5.41) is 12.6. The van der Waals surface area contributed by atoms with Crippen molar-refractivity contribution in [1.29, 1.82) is 5.26 Å². The first kappa shape index (κ1) is 13.8. The minimum absolute atomic E-state index is 0.154. The summed E-state index contributed by atoms with van der Waals surface area (Å²) in [4.78, 5) is 2.68. The van der Waals surface area contributed by atoms with E-state index in [4.69, 9.17) is 5.26 Å². The van der Waals surface area contributed by atoms with Crippen LogP contribution < -0.4 is 5.32 Å². The zero-order chi connectivity index (χ0) is 13.2. The summed E-state index contributed by atoms with van der Waals surface area (Å²) in [6, 6.07) is 3.18. The van der Waals surface area contributed by atoms with Gasteiger partial charge in [0.05, 0.1) is 11.5 Å². The third-order valence-electron chi connectivity index (χ3n) is 4.79. The molecule has 2 fully saturated rings. The highest BCUT2D eigenvalue weighted by Crippen LogP contribution is 2.34. The first-order valence-electron chi connectivity index (χ1n) is 7.43. The number of fused-ring (bicyclic) bond motifs is 1. The Morgan fingerprint density at radius 1 is 1.39 bits per heavy atom. The molecule has 0 radical (unpaired) electrons. The summed E-state index contributed by atoms with van der Waals surface area (Å²) in [7, 11) is 0. The second kappa shape index (κ2) is 5.59. The molecule has 102 valence electrons. The summed E-state index contributed by atoms with van der Waals surface area (Å²) >= 11 is 0. The van der Waals surface area contributed by atoms with Gasteiger partial charge in [-0.1, -0.05) is 6.92 Å². The number of nitriles is 1. The van der Waals surface area contributed by atoms with E-state index in [1.54, 1.807) is 0 Å². The second-order valence-corrected chi connectivity index (χ2v) is 6.65. The lowest BCUT2D eigenvalue weighted by Gasteiger charge is -2.27. The molecule has 2 saturated heterocycles. The van der Waals surface area contributed by atoms with E-state index in [9.17, 15) is 0 Å². The van der Waals surface area contributed by atoms with Crippen LogP contribution in [-0.4, -0.2) is 37.1 Å². The predicted octanol–water partition coefficient (Wildman–Crippen LogP) is 2.25. The summed E-state index contributed by atoms with van der Waals surface area (Å²) in [5.74, 6) is 1.75. The molecule has 2 heterocycles. The normalized spacial score (nSPS) is 32.4. The standard InChI is InChI=1S/C15H27N3/c1-4-14-13-9-17-8-12(13)10-18(14)7-5-6-15(2,3)11-16/h12-14,17H,4-10H2,1-3H3. The molecule has 0 aromatic heterocycles. The van der Waals surface area contributed by atoms with E-state index in [0.717, 1.165) is 30.7 Å². The molecule has 1 N–H and O–H groups in total. The van der Waals surface area contributed by atoms with Gasteiger partial charge in [-0.3, -0.25) is 4.90 Å². The molecule has 0 spiro atoms. The van der Waals surface area contributed by atoms with E-state index in [-0.39, 0.29) is 5.41 Å². The average Bonchev–Trinajstić information content (AvgIpc) is 2.88. The van der Waals surface area contributed by atoms with Gasteiger partial charge in [-0.15, -0.1) is 0 Å². The minimum Gasteiger partial charge on any atom is -0.316 e. The molecule has 2 aliphatic rings. The van der Waals surface area contributed by atoms with Gasteiger partial charge in [-0.25, -0.2) is 0 Å². The van der Waals surface area contributed by atoms with Crippen molar-refractivity contribution in [1.82, 2.24) is 10.2 Å². The van der Waals surface area contributed by atoms with Gasteiger partial charge >= 0.3 is 0 Å². The van der Waals surface area contributed by atoms with Gasteiger partial charge in [-0.2, -0.15) is 5.26 Å². The third kappa shape index (κ3) is 2.87. The van der Waals surface area contributed by atoms with E-state index in [2.05, 4.69) is 23.2 Å². The number of likely N-dealkylation sites (tertiary alicyclic amines) is 1. The maximum atomic E-state index is 9.04. The maximum Gasteiger partial charge on any atom is 0.0683 e. The number of rotatable bonds is 5. The highest BCUT2D eigenvalue weighted by atomic mass is 15.2. The Hall–Kier alpha value is -0.590. The van der Waals surface area contributed by atoms with Gasteiger partial charge in [0, 0.05) is 12.6 Å². The topological polar surface area (TPSA) is 39.1 Å². The second-order valence-electron chi connectivity index (χ2n) is 6.65. The summed E-state index contributed by atoms with van der Waals surface area (Å²) in [6.45, 7) is 11.3. The summed E-state index contributed by atoms with van der Waals surface area (Å²) in [5.41, 5.74) is -0.154. The van der Waals surface area contributed by atoms with E-state index in [1.807, 2.05) is 13.8 Å². The van der Waals surface area contributed by atoms with Crippen LogP contribution in [0.3, 0.4) is 0 Å². The summed E-state index contributed by atoms with van der Waals surface area (Å²) in [6.07, 6.45) is 3.44. The van der Waals surface area contributed by atoms with Crippen LogP contribution in [0.25, 0.3) is 0 Å². The molecular formula is C15H27N3. The van der Waals surface area contributed by atoms with Crippen molar-refractivity contribution in [2.75, 3.05) is 26.2 Å². The Labute approximate surface area is 112 Å². The van der Waals surface area contributed by atoms with E-state index >= 15 is 0 Å². The Kier molecular flexibility index (Phi) is 4.29. The smallest absolute Gasteiger partial charge is 0.0683 e. The van der Waals surface area contributed by atoms with Gasteiger partial charge in [0.2, 0.25) is 0 Å². The lowest BCUT2D eigenvalue weighted by atomic mass is 9.89. The lowest BCUT2D eigenvalue weighted by Crippen LogP contribution is -2.36. The van der Waals surface area contributed by atoms with Gasteiger partial charge in [0.1, 0.15) is 0 Å². The van der Waals surface area contributed by atoms with Crippen molar-refractivity contribution in [3.8, 4) is 6.07 Å². The number of nitrogens with zero attached hydrogens (tertiary/aromatic N) is 2. The molecule has 2 rings (SSSR count). The third-order valence-corrected chi connectivity index (χ3v) is 4.79. The van der Waals surface area contributed by atoms with Crippen LogP contribution in [0.4, 0.5) is 0 Å². The molecule has 3 unspecified atom stereocenters. The molecule has 3 atom stereocenters. The molecule has 18 heavy (non-hydrogen) atoms. The van der Waals surface area contributed by atoms with Crippen molar-refractivity contribution in [2.45, 2.75) is 46.1 Å². The van der Waals surface area contributed by atoms with Crippen molar-refractivity contribution in [3.05, 3.63) is 0 Å². The minimum atomic E-state index is -0.154. The van der Waals surface area contributed by atoms with Crippen LogP contribution in [0.5, 0.6) is 0 Å². The van der Waals surface area contributed by atoms with Crippen molar-refractivity contribution in [2.24, 2.45) is 17.3 Å². The number of hydrogen-bond acceptors (Lipinski definition) is 3. The Bertz CT molecular complexity index is 318. The highest BCUT2D eigenvalue weighted by Gasteiger charge is 2.42. The van der Waals surface area contributed by atoms with Crippen LogP contribution in [0.2, 0.25) is 0 Å². The quantitative estimate of drug-likeness (QED) is 0.812. The molecule has 2 aliphatic heterocycles. The molecule has 0 bridgehead atoms. The van der Waals surface area contributed by atoms with Gasteiger partial charge in [-0.05, 0) is 64.6 Å². The van der Waals surface area contributed by atoms with Gasteiger partial charge in [0.25, 0.3) is 0 Å². The largest absolute Gasteiger partial charge is 0.316 e. The number of hydrogen-bond donors (Lipinski definition) is 1. The molecule has 0 amide bonds. The van der Waals surface area contributed by atoms with E-state index in [1.165, 1.54) is 32.6 Å². The molecule has 0 aromatic carbocycles. The van der Waals surface area contributed by atoms with Crippen molar-refractivity contribution < 1.29 is 0 Å². The molecule has 3 nitrogen and oxygen atoms in total. The zero-order valence-corrected chi connectivity index (χ0v) is 12.1. The van der Waals surface area contributed by atoms with Gasteiger partial charge in [0.15, 0.2) is 0 Å². The molecular weight excluding hydrogens is 222 g/mol. The predicted molar refractivity (Wildman–Crippen MR) is 74.1 cm³/mol. The fourth-order valence-corrected chi connectivity index (χ4v) is 3.71. The molecule has 0 aromatic rings. The molecule has 0 aliphatic carbocycles. The Balaban J connectivity index is 1.81. The van der Waals surface area contributed by atoms with Crippen LogP contribution in [-0.2, 0) is 0 Å². The first-order chi connectivity index (χ1) is 8.57. The van der Waals surface area contributed by atoms with Crippen molar-refractivity contribution >= 4 is 0 Å². The fourth-order valence-electron chi connectivity index (χ4n) is 3.71. The highest BCUT2D eigenvalue weighted by molar-refractivity contribution is 4.98.